The molecule has 0 bridgehead atoms. The molecular formula is C10H14N6O6. The Morgan fingerprint density at radius 2 is 2.09 bits per heavy atom. The van der Waals surface area contributed by atoms with Crippen molar-refractivity contribution in [3.05, 3.63) is 10.4 Å². The standard InChI is InChI=1S/C10H14N6O6/c11-9-13-6-3(7(20)14-9)12-10(15-21)16(6)8-5(19)4(18)2(1-17)22-8/h2,4-5,8,17-19,21H,1H2,(H,12,15)(H3,11,13,14,20)/t2-,4-,5-,8?/m1/s1. The van der Waals surface area contributed by atoms with Gasteiger partial charge in [-0.3, -0.25) is 19.6 Å². The number of aromatic nitrogens is 4. The van der Waals surface area contributed by atoms with E-state index in [-0.39, 0.29) is 23.1 Å². The molecule has 3 heterocycles. The molecule has 1 aliphatic rings. The highest BCUT2D eigenvalue weighted by Crippen LogP contribution is 2.33. The molecule has 4 atom stereocenters. The summed E-state index contributed by atoms with van der Waals surface area (Å²) < 4.78 is 6.41. The smallest absolute Gasteiger partial charge is 0.280 e. The summed E-state index contributed by atoms with van der Waals surface area (Å²) >= 11 is 0. The number of nitrogens with two attached hydrogens (primary N) is 1. The van der Waals surface area contributed by atoms with Gasteiger partial charge in [-0.15, -0.1) is 0 Å². The lowest BCUT2D eigenvalue weighted by Gasteiger charge is -2.18. The lowest BCUT2D eigenvalue weighted by atomic mass is 10.1. The number of ether oxygens (including phenoxy) is 1. The molecule has 0 amide bonds. The fraction of sp³-hybridized carbons (Fsp3) is 0.500. The van der Waals surface area contributed by atoms with E-state index in [9.17, 15) is 15.0 Å². The Labute approximate surface area is 121 Å². The minimum absolute atomic E-state index is 0.0624. The zero-order valence-electron chi connectivity index (χ0n) is 11.0. The zero-order chi connectivity index (χ0) is 16.0. The molecular weight excluding hydrogens is 300 g/mol. The third-order valence-corrected chi connectivity index (χ3v) is 3.44. The number of nitrogens with zero attached hydrogens (tertiary/aromatic N) is 3. The van der Waals surface area contributed by atoms with Crippen molar-refractivity contribution in [3.63, 3.8) is 0 Å². The Hall–Kier alpha value is -2.25. The number of hydrogen-bond acceptors (Lipinski definition) is 10. The lowest BCUT2D eigenvalue weighted by molar-refractivity contribution is -0.0505. The summed E-state index contributed by atoms with van der Waals surface area (Å²) in [5.74, 6) is -0.441. The lowest BCUT2D eigenvalue weighted by Crippen LogP contribution is -2.33. The number of aromatic amines is 1. The second-order valence-corrected chi connectivity index (χ2v) is 4.77. The first-order valence-corrected chi connectivity index (χ1v) is 6.28. The minimum Gasteiger partial charge on any atom is -0.394 e. The van der Waals surface area contributed by atoms with Gasteiger partial charge in [0.05, 0.1) is 6.61 Å². The molecule has 1 fully saturated rings. The highest BCUT2D eigenvalue weighted by atomic mass is 16.6. The summed E-state index contributed by atoms with van der Waals surface area (Å²) in [5, 5.41) is 38.1. The van der Waals surface area contributed by atoms with E-state index in [1.807, 2.05) is 0 Å². The van der Waals surface area contributed by atoms with Gasteiger partial charge in [-0.2, -0.15) is 4.98 Å². The molecule has 0 radical (unpaired) electrons. The van der Waals surface area contributed by atoms with E-state index in [0.717, 1.165) is 4.57 Å². The Bertz CT molecular complexity index is 758. The van der Waals surface area contributed by atoms with Crippen LogP contribution in [0, 0.1) is 0 Å². The number of nitrogens with one attached hydrogen (secondary N) is 2. The van der Waals surface area contributed by atoms with E-state index < -0.39 is 36.7 Å². The van der Waals surface area contributed by atoms with Crippen LogP contribution in [0.25, 0.3) is 11.2 Å². The molecule has 0 saturated carbocycles. The van der Waals surface area contributed by atoms with E-state index >= 15 is 0 Å². The van der Waals surface area contributed by atoms with Crippen molar-refractivity contribution in [1.82, 2.24) is 19.5 Å². The Kier molecular flexibility index (Phi) is 3.46. The maximum absolute atomic E-state index is 11.8. The zero-order valence-corrected chi connectivity index (χ0v) is 11.0. The summed E-state index contributed by atoms with van der Waals surface area (Å²) in [6.45, 7) is -0.528. The maximum atomic E-state index is 11.8. The van der Waals surface area contributed by atoms with E-state index in [4.69, 9.17) is 20.8 Å². The molecule has 3 rings (SSSR count). The topological polar surface area (TPSA) is 192 Å². The van der Waals surface area contributed by atoms with Crippen molar-refractivity contribution in [1.29, 1.82) is 0 Å². The van der Waals surface area contributed by atoms with Gasteiger partial charge in [-0.1, -0.05) is 0 Å². The second-order valence-electron chi connectivity index (χ2n) is 4.77. The predicted octanol–water partition coefficient (Wildman–Crippen LogP) is -2.89. The van der Waals surface area contributed by atoms with Crippen LogP contribution in [0.15, 0.2) is 4.79 Å². The highest BCUT2D eigenvalue weighted by molar-refractivity contribution is 5.74. The number of anilines is 2. The molecule has 2 aromatic rings. The Balaban J connectivity index is 2.20. The average molecular weight is 314 g/mol. The molecule has 1 saturated heterocycles. The van der Waals surface area contributed by atoms with Gasteiger partial charge in [0.2, 0.25) is 11.9 Å². The van der Waals surface area contributed by atoms with E-state index in [1.54, 1.807) is 5.48 Å². The van der Waals surface area contributed by atoms with Gasteiger partial charge in [0.15, 0.2) is 17.4 Å². The first-order valence-electron chi connectivity index (χ1n) is 6.28. The molecule has 120 valence electrons. The maximum Gasteiger partial charge on any atom is 0.280 e. The van der Waals surface area contributed by atoms with Gasteiger partial charge in [-0.25, -0.2) is 10.5 Å². The fourth-order valence-corrected chi connectivity index (χ4v) is 2.41. The van der Waals surface area contributed by atoms with Crippen LogP contribution in [0.4, 0.5) is 11.9 Å². The molecule has 12 nitrogen and oxygen atoms in total. The van der Waals surface area contributed by atoms with Crippen LogP contribution in [0.1, 0.15) is 6.23 Å². The minimum atomic E-state index is -1.44. The van der Waals surface area contributed by atoms with Crippen molar-refractivity contribution in [2.24, 2.45) is 0 Å². The van der Waals surface area contributed by atoms with Crippen LogP contribution in [-0.4, -0.2) is 65.0 Å². The third-order valence-electron chi connectivity index (χ3n) is 3.44. The molecule has 1 aliphatic heterocycles. The number of nitrogen functional groups attached to an aromatic ring is 1. The SMILES string of the molecule is Nc1nc2c(nc(NO)n2C2O[C@H](CO)[C@@H](O)[C@H]2O)c(=O)[nH]1. The van der Waals surface area contributed by atoms with Gasteiger partial charge in [0.1, 0.15) is 18.3 Å². The third kappa shape index (κ3) is 2.01. The first kappa shape index (κ1) is 14.7. The van der Waals surface area contributed by atoms with Gasteiger partial charge < -0.3 is 25.8 Å². The average Bonchev–Trinajstić information content (AvgIpc) is 2.98. The Morgan fingerprint density at radius 3 is 2.68 bits per heavy atom. The van der Waals surface area contributed by atoms with Crippen molar-refractivity contribution in [2.75, 3.05) is 17.8 Å². The molecule has 22 heavy (non-hydrogen) atoms. The number of imidazole rings is 1. The van der Waals surface area contributed by atoms with Crippen LogP contribution in [0.2, 0.25) is 0 Å². The molecule has 1 unspecified atom stereocenters. The van der Waals surface area contributed by atoms with Crippen LogP contribution >= 0.6 is 0 Å². The summed E-state index contributed by atoms with van der Waals surface area (Å²) in [6.07, 6.45) is -5.08. The van der Waals surface area contributed by atoms with Gasteiger partial charge in [0, 0.05) is 0 Å². The highest BCUT2D eigenvalue weighted by Gasteiger charge is 2.45. The van der Waals surface area contributed by atoms with Crippen LogP contribution in [-0.2, 0) is 4.74 Å². The Morgan fingerprint density at radius 1 is 1.36 bits per heavy atom. The summed E-state index contributed by atoms with van der Waals surface area (Å²) in [7, 11) is 0. The quantitative estimate of drug-likeness (QED) is 0.289. The van der Waals surface area contributed by atoms with Gasteiger partial charge in [-0.05, 0) is 0 Å². The number of aliphatic hydroxyl groups excluding tert-OH is 3. The van der Waals surface area contributed by atoms with Gasteiger partial charge in [0.25, 0.3) is 5.56 Å². The summed E-state index contributed by atoms with van der Waals surface area (Å²) in [4.78, 5) is 21.8. The molecule has 0 aliphatic carbocycles. The summed E-state index contributed by atoms with van der Waals surface area (Å²) in [6, 6.07) is 0. The molecule has 2 aromatic heterocycles. The predicted molar refractivity (Wildman–Crippen MR) is 71.0 cm³/mol. The largest absolute Gasteiger partial charge is 0.394 e. The van der Waals surface area contributed by atoms with Crippen molar-refractivity contribution in [2.45, 2.75) is 24.5 Å². The number of aliphatic hydroxyl groups is 3. The fourth-order valence-electron chi connectivity index (χ4n) is 2.41. The normalized spacial score (nSPS) is 28.4. The van der Waals surface area contributed by atoms with Crippen LogP contribution in [0.3, 0.4) is 0 Å². The van der Waals surface area contributed by atoms with Crippen LogP contribution < -0.4 is 16.8 Å². The van der Waals surface area contributed by atoms with Crippen molar-refractivity contribution in [3.8, 4) is 0 Å². The van der Waals surface area contributed by atoms with Crippen LogP contribution in [0.5, 0.6) is 0 Å². The molecule has 12 heteroatoms. The molecule has 0 aromatic carbocycles. The van der Waals surface area contributed by atoms with E-state index in [1.165, 1.54) is 0 Å². The van der Waals surface area contributed by atoms with Gasteiger partial charge >= 0.3 is 0 Å². The molecule has 0 spiro atoms. The number of rotatable bonds is 3. The monoisotopic (exact) mass is 314 g/mol. The number of hydrogen-bond donors (Lipinski definition) is 7. The summed E-state index contributed by atoms with van der Waals surface area (Å²) in [5.41, 5.74) is 6.37. The molecule has 8 N–H and O–H groups in total. The second kappa shape index (κ2) is 5.19. The van der Waals surface area contributed by atoms with Crippen molar-refractivity contribution >= 4 is 23.1 Å². The number of fused-ring (bicyclic) bond motifs is 1. The van der Waals surface area contributed by atoms with E-state index in [0.29, 0.717) is 0 Å². The number of H-pyrrole nitrogens is 1. The first-order chi connectivity index (χ1) is 10.5. The van der Waals surface area contributed by atoms with E-state index in [2.05, 4.69) is 15.0 Å². The van der Waals surface area contributed by atoms with Crippen molar-refractivity contribution < 1.29 is 25.3 Å².